The first kappa shape index (κ1) is 15.6. The molecule has 1 heterocycles. The number of aryl methyl sites for hydroxylation is 1. The Balaban J connectivity index is 2.43. The first-order valence-corrected chi connectivity index (χ1v) is 8.06. The quantitative estimate of drug-likeness (QED) is 0.809. The zero-order valence-corrected chi connectivity index (χ0v) is 14.3. The normalized spacial score (nSPS) is 13.5. The van der Waals surface area contributed by atoms with Crippen LogP contribution in [0.4, 0.5) is 0 Å². The number of thiophene rings is 1. The van der Waals surface area contributed by atoms with Gasteiger partial charge in [-0.25, -0.2) is 0 Å². The van der Waals surface area contributed by atoms with Crippen molar-refractivity contribution in [1.82, 2.24) is 5.32 Å². The predicted molar refractivity (Wildman–Crippen MR) is 90.1 cm³/mol. The van der Waals surface area contributed by atoms with E-state index in [4.69, 9.17) is 11.6 Å². The third kappa shape index (κ3) is 3.08. The Hall–Kier alpha value is -0.830. The van der Waals surface area contributed by atoms with Crippen LogP contribution in [-0.2, 0) is 5.41 Å². The molecule has 0 aliphatic heterocycles. The lowest BCUT2D eigenvalue weighted by Crippen LogP contribution is -2.17. The molecule has 0 spiro atoms. The molecule has 1 aromatic heterocycles. The van der Waals surface area contributed by atoms with Gasteiger partial charge in [-0.15, -0.1) is 11.3 Å². The van der Waals surface area contributed by atoms with Gasteiger partial charge in [-0.2, -0.15) is 0 Å². The third-order valence-corrected chi connectivity index (χ3v) is 5.56. The minimum absolute atomic E-state index is 0.156. The molecule has 0 aliphatic rings. The Morgan fingerprint density at radius 3 is 2.40 bits per heavy atom. The van der Waals surface area contributed by atoms with Crippen LogP contribution in [0.1, 0.15) is 47.7 Å². The summed E-state index contributed by atoms with van der Waals surface area (Å²) in [4.78, 5) is 2.71. The average molecular weight is 308 g/mol. The first-order valence-electron chi connectivity index (χ1n) is 6.87. The van der Waals surface area contributed by atoms with Crippen LogP contribution >= 0.6 is 22.9 Å². The minimum Gasteiger partial charge on any atom is -0.309 e. The van der Waals surface area contributed by atoms with E-state index in [9.17, 15) is 0 Å². The van der Waals surface area contributed by atoms with Crippen molar-refractivity contribution in [3.05, 3.63) is 56.2 Å². The van der Waals surface area contributed by atoms with Crippen molar-refractivity contribution in [2.24, 2.45) is 0 Å². The maximum atomic E-state index is 6.48. The molecule has 0 bridgehead atoms. The molecule has 108 valence electrons. The van der Waals surface area contributed by atoms with E-state index in [1.54, 1.807) is 0 Å². The first-order chi connectivity index (χ1) is 9.34. The van der Waals surface area contributed by atoms with Gasteiger partial charge in [0.05, 0.1) is 6.04 Å². The van der Waals surface area contributed by atoms with Gasteiger partial charge < -0.3 is 5.32 Å². The van der Waals surface area contributed by atoms with Gasteiger partial charge in [0, 0.05) is 14.8 Å². The predicted octanol–water partition coefficient (Wildman–Crippen LogP) is 5.32. The molecule has 1 nitrogen and oxygen atoms in total. The van der Waals surface area contributed by atoms with E-state index in [1.165, 1.54) is 9.75 Å². The van der Waals surface area contributed by atoms with Crippen LogP contribution in [0.15, 0.2) is 30.3 Å². The van der Waals surface area contributed by atoms with Gasteiger partial charge in [0.1, 0.15) is 0 Å². The molecule has 1 atom stereocenters. The molecule has 0 radical (unpaired) electrons. The van der Waals surface area contributed by atoms with Gasteiger partial charge in [0.2, 0.25) is 0 Å². The number of halogens is 1. The van der Waals surface area contributed by atoms with Crippen molar-refractivity contribution >= 4 is 22.9 Å². The Labute approximate surface area is 131 Å². The van der Waals surface area contributed by atoms with E-state index in [-0.39, 0.29) is 11.5 Å². The highest BCUT2D eigenvalue weighted by molar-refractivity contribution is 7.12. The van der Waals surface area contributed by atoms with Crippen LogP contribution in [0.25, 0.3) is 0 Å². The van der Waals surface area contributed by atoms with Gasteiger partial charge >= 0.3 is 0 Å². The molecule has 20 heavy (non-hydrogen) atoms. The maximum absolute atomic E-state index is 6.48. The zero-order valence-electron chi connectivity index (χ0n) is 12.8. The fraction of sp³-hybridized carbons (Fsp3) is 0.412. The van der Waals surface area contributed by atoms with E-state index < -0.39 is 0 Å². The molecule has 0 fully saturated rings. The molecule has 1 aromatic carbocycles. The van der Waals surface area contributed by atoms with E-state index in [2.05, 4.69) is 50.4 Å². The second-order valence-corrected chi connectivity index (χ2v) is 7.65. The molecule has 1 unspecified atom stereocenters. The highest BCUT2D eigenvalue weighted by atomic mass is 35.5. The van der Waals surface area contributed by atoms with Gasteiger partial charge in [-0.05, 0) is 42.6 Å². The molecule has 0 amide bonds. The smallest absolute Gasteiger partial charge is 0.0683 e. The van der Waals surface area contributed by atoms with Crippen molar-refractivity contribution in [1.29, 1.82) is 0 Å². The maximum Gasteiger partial charge on any atom is 0.0683 e. The van der Waals surface area contributed by atoms with Crippen LogP contribution in [-0.4, -0.2) is 7.05 Å². The number of nitrogens with one attached hydrogen (secondary N) is 1. The van der Waals surface area contributed by atoms with Crippen molar-refractivity contribution in [3.8, 4) is 0 Å². The molecule has 0 saturated heterocycles. The highest BCUT2D eigenvalue weighted by Gasteiger charge is 2.21. The SMILES string of the molecule is CNC(c1ccc(C(C)(C)C)s1)c1cccc(C)c1Cl. The summed E-state index contributed by atoms with van der Waals surface area (Å²) in [5.41, 5.74) is 2.46. The summed E-state index contributed by atoms with van der Waals surface area (Å²) < 4.78 is 0. The Morgan fingerprint density at radius 1 is 1.15 bits per heavy atom. The lowest BCUT2D eigenvalue weighted by atomic mass is 9.95. The highest BCUT2D eigenvalue weighted by Crippen LogP contribution is 2.37. The van der Waals surface area contributed by atoms with E-state index in [0.717, 1.165) is 16.1 Å². The Bertz CT molecular complexity index is 595. The fourth-order valence-corrected chi connectivity index (χ4v) is 3.69. The Kier molecular flexibility index (Phi) is 4.58. The monoisotopic (exact) mass is 307 g/mol. The summed E-state index contributed by atoms with van der Waals surface area (Å²) in [7, 11) is 1.99. The summed E-state index contributed by atoms with van der Waals surface area (Å²) in [6, 6.07) is 10.8. The van der Waals surface area contributed by atoms with Gasteiger partial charge in [-0.3, -0.25) is 0 Å². The summed E-state index contributed by atoms with van der Waals surface area (Å²) in [5, 5.41) is 4.25. The van der Waals surface area contributed by atoms with Crippen LogP contribution in [0.5, 0.6) is 0 Å². The summed E-state index contributed by atoms with van der Waals surface area (Å²) in [5.74, 6) is 0. The van der Waals surface area contributed by atoms with Crippen LogP contribution in [0.2, 0.25) is 5.02 Å². The standard InChI is InChI=1S/C17H22ClNS/c1-11-7-6-8-12(15(11)18)16(19-5)13-9-10-14(20-13)17(2,3)4/h6-10,16,19H,1-5H3. The molecule has 3 heteroatoms. The molecule has 1 N–H and O–H groups in total. The largest absolute Gasteiger partial charge is 0.309 e. The summed E-state index contributed by atoms with van der Waals surface area (Å²) in [6.07, 6.45) is 0. The van der Waals surface area contributed by atoms with Gasteiger partial charge in [0.15, 0.2) is 0 Å². The van der Waals surface area contributed by atoms with Crippen molar-refractivity contribution < 1.29 is 0 Å². The topological polar surface area (TPSA) is 12.0 Å². The number of hydrogen-bond donors (Lipinski definition) is 1. The van der Waals surface area contributed by atoms with Gasteiger partial charge in [-0.1, -0.05) is 50.6 Å². The number of hydrogen-bond acceptors (Lipinski definition) is 2. The molecule has 2 aromatic rings. The molecule has 0 saturated carbocycles. The second-order valence-electron chi connectivity index (χ2n) is 6.15. The third-order valence-electron chi connectivity index (χ3n) is 3.47. The molecular weight excluding hydrogens is 286 g/mol. The fourth-order valence-electron chi connectivity index (χ4n) is 2.26. The number of rotatable bonds is 3. The van der Waals surface area contributed by atoms with Crippen molar-refractivity contribution in [2.45, 2.75) is 39.2 Å². The number of benzene rings is 1. The Morgan fingerprint density at radius 2 is 1.85 bits per heavy atom. The molecular formula is C17H22ClNS. The summed E-state index contributed by atoms with van der Waals surface area (Å²) in [6.45, 7) is 8.79. The lowest BCUT2D eigenvalue weighted by molar-refractivity contribution is 0.604. The lowest BCUT2D eigenvalue weighted by Gasteiger charge is -2.19. The van der Waals surface area contributed by atoms with E-state index in [0.29, 0.717) is 0 Å². The van der Waals surface area contributed by atoms with Crippen molar-refractivity contribution in [3.63, 3.8) is 0 Å². The van der Waals surface area contributed by atoms with Crippen LogP contribution in [0.3, 0.4) is 0 Å². The van der Waals surface area contributed by atoms with E-state index >= 15 is 0 Å². The minimum atomic E-state index is 0.156. The van der Waals surface area contributed by atoms with E-state index in [1.807, 2.05) is 31.4 Å². The average Bonchev–Trinajstić information content (AvgIpc) is 2.85. The van der Waals surface area contributed by atoms with Crippen LogP contribution < -0.4 is 5.32 Å². The summed E-state index contributed by atoms with van der Waals surface area (Å²) >= 11 is 8.34. The zero-order chi connectivity index (χ0) is 14.9. The van der Waals surface area contributed by atoms with Crippen LogP contribution in [0, 0.1) is 6.92 Å². The van der Waals surface area contributed by atoms with Crippen molar-refractivity contribution in [2.75, 3.05) is 7.05 Å². The molecule has 2 rings (SSSR count). The van der Waals surface area contributed by atoms with Gasteiger partial charge in [0.25, 0.3) is 0 Å². The second kappa shape index (κ2) is 5.88. The molecule has 0 aliphatic carbocycles.